The largest absolute Gasteiger partial charge is 0.503 e. The van der Waals surface area contributed by atoms with Gasteiger partial charge in [0, 0.05) is 5.02 Å². The van der Waals surface area contributed by atoms with E-state index in [-0.39, 0.29) is 28.5 Å². The van der Waals surface area contributed by atoms with E-state index in [1.165, 1.54) is 7.11 Å². The van der Waals surface area contributed by atoms with Crippen molar-refractivity contribution in [1.82, 2.24) is 14.6 Å². The van der Waals surface area contributed by atoms with Gasteiger partial charge in [-0.2, -0.15) is 13.2 Å². The molecular formula is C17H13ClF3N3O4S. The highest BCUT2D eigenvalue weighted by atomic mass is 35.5. The Morgan fingerprint density at radius 3 is 2.55 bits per heavy atom. The number of methoxy groups -OCH3 is 2. The molecule has 0 fully saturated rings. The van der Waals surface area contributed by atoms with Gasteiger partial charge in [-0.1, -0.05) is 22.9 Å². The number of ether oxygens (including phenoxy) is 3. The summed E-state index contributed by atoms with van der Waals surface area (Å²) in [6.07, 6.45) is -3.60. The predicted molar refractivity (Wildman–Crippen MR) is 98.7 cm³/mol. The van der Waals surface area contributed by atoms with Crippen LogP contribution in [0.4, 0.5) is 13.2 Å². The number of hydrogen-bond acceptors (Lipinski definition) is 7. The molecule has 0 spiro atoms. The maximum atomic E-state index is 13.1. The fourth-order valence-corrected chi connectivity index (χ4v) is 3.30. The Balaban J connectivity index is 2.07. The summed E-state index contributed by atoms with van der Waals surface area (Å²) in [6.45, 7) is -0.146. The minimum absolute atomic E-state index is 0.0191. The molecule has 0 saturated carbocycles. The highest BCUT2D eigenvalue weighted by Gasteiger charge is 2.37. The number of hydrogen-bond donors (Lipinski definition) is 0. The van der Waals surface area contributed by atoms with Gasteiger partial charge in [0.05, 0.1) is 20.5 Å². The molecule has 3 rings (SSSR count). The van der Waals surface area contributed by atoms with Crippen molar-refractivity contribution in [3.8, 4) is 5.75 Å². The van der Waals surface area contributed by atoms with E-state index in [0.29, 0.717) is 22.1 Å². The van der Waals surface area contributed by atoms with Crippen LogP contribution in [-0.4, -0.2) is 34.8 Å². The van der Waals surface area contributed by atoms with Gasteiger partial charge in [-0.25, -0.2) is 14.3 Å². The van der Waals surface area contributed by atoms with Crippen LogP contribution in [0.2, 0.25) is 5.02 Å². The fourth-order valence-electron chi connectivity index (χ4n) is 2.39. The molecule has 0 saturated heterocycles. The Hall–Kier alpha value is -2.79. The third-order valence-corrected chi connectivity index (χ3v) is 4.81. The normalized spacial score (nSPS) is 12.3. The molecule has 0 aliphatic carbocycles. The minimum atomic E-state index is -4.65. The van der Waals surface area contributed by atoms with E-state index in [4.69, 9.17) is 25.8 Å². The van der Waals surface area contributed by atoms with Crippen molar-refractivity contribution in [3.63, 3.8) is 0 Å². The van der Waals surface area contributed by atoms with Crippen molar-refractivity contribution in [2.45, 2.75) is 12.8 Å². The number of carbonyl (C=O) groups excluding carboxylic acids is 1. The van der Waals surface area contributed by atoms with Crippen LogP contribution < -0.4 is 4.74 Å². The quantitative estimate of drug-likeness (QED) is 0.320. The Kier molecular flexibility index (Phi) is 5.99. The first-order valence-corrected chi connectivity index (χ1v) is 9.09. The van der Waals surface area contributed by atoms with Crippen LogP contribution in [0.3, 0.4) is 0 Å². The summed E-state index contributed by atoms with van der Waals surface area (Å²) >= 11 is 6.17. The van der Waals surface area contributed by atoms with E-state index >= 15 is 0 Å². The first kappa shape index (κ1) is 20.9. The molecule has 7 nitrogen and oxygen atoms in total. The molecule has 0 radical (unpaired) electrons. The molecule has 12 heteroatoms. The SMILES string of the molecule is COC=C(C(=O)OC)c1c(COc2ccc(Cl)cc2)nc2sc(C(F)(F)F)nn12. The van der Waals surface area contributed by atoms with E-state index in [2.05, 4.69) is 10.1 Å². The summed E-state index contributed by atoms with van der Waals surface area (Å²) in [5.41, 5.74) is 0.00627. The van der Waals surface area contributed by atoms with E-state index in [0.717, 1.165) is 17.9 Å². The Morgan fingerprint density at radius 1 is 1.28 bits per heavy atom. The number of esters is 1. The van der Waals surface area contributed by atoms with Crippen LogP contribution in [-0.2, 0) is 27.1 Å². The van der Waals surface area contributed by atoms with Crippen molar-refractivity contribution in [2.75, 3.05) is 14.2 Å². The van der Waals surface area contributed by atoms with Crippen LogP contribution in [0.25, 0.3) is 10.5 Å². The zero-order valence-corrected chi connectivity index (χ0v) is 16.6. The lowest BCUT2D eigenvalue weighted by Gasteiger charge is -2.09. The Labute approximate surface area is 171 Å². The summed E-state index contributed by atoms with van der Waals surface area (Å²) in [6, 6.07) is 6.47. The monoisotopic (exact) mass is 447 g/mol. The van der Waals surface area contributed by atoms with E-state index in [1.807, 2.05) is 0 Å². The number of benzene rings is 1. The van der Waals surface area contributed by atoms with Gasteiger partial charge >= 0.3 is 12.1 Å². The predicted octanol–water partition coefficient (Wildman–Crippen LogP) is 4.20. The molecule has 2 heterocycles. The Morgan fingerprint density at radius 2 is 1.97 bits per heavy atom. The molecule has 154 valence electrons. The topological polar surface area (TPSA) is 75.0 Å². The third kappa shape index (κ3) is 4.46. The van der Waals surface area contributed by atoms with Gasteiger partial charge in [-0.05, 0) is 24.3 Å². The first-order valence-electron chi connectivity index (χ1n) is 7.90. The first-order chi connectivity index (χ1) is 13.7. The lowest BCUT2D eigenvalue weighted by Crippen LogP contribution is -2.12. The second-order valence-corrected chi connectivity index (χ2v) is 6.90. The average molecular weight is 448 g/mol. The highest BCUT2D eigenvalue weighted by molar-refractivity contribution is 7.16. The van der Waals surface area contributed by atoms with Crippen molar-refractivity contribution >= 4 is 39.4 Å². The number of imidazole rings is 1. The molecule has 0 aliphatic rings. The molecule has 0 aliphatic heterocycles. The average Bonchev–Trinajstić information content (AvgIpc) is 3.23. The molecule has 0 amide bonds. The molecule has 29 heavy (non-hydrogen) atoms. The number of carbonyl (C=O) groups is 1. The molecule has 0 unspecified atom stereocenters. The van der Waals surface area contributed by atoms with Gasteiger partial charge in [0.2, 0.25) is 9.97 Å². The number of aromatic nitrogens is 3. The lowest BCUT2D eigenvalue weighted by molar-refractivity contribution is -0.138. The van der Waals surface area contributed by atoms with Crippen molar-refractivity contribution in [3.05, 3.63) is 51.9 Å². The summed E-state index contributed by atoms with van der Waals surface area (Å²) in [7, 11) is 2.42. The maximum Gasteiger partial charge on any atom is 0.445 e. The molecule has 0 N–H and O–H groups in total. The van der Waals surface area contributed by atoms with Gasteiger partial charge in [-0.15, -0.1) is 5.10 Å². The minimum Gasteiger partial charge on any atom is -0.503 e. The Bertz CT molecular complexity index is 1060. The van der Waals surface area contributed by atoms with E-state index < -0.39 is 17.2 Å². The second kappa shape index (κ2) is 8.29. The van der Waals surface area contributed by atoms with Crippen LogP contribution in [0.15, 0.2) is 30.5 Å². The molecule has 0 bridgehead atoms. The van der Waals surface area contributed by atoms with Gasteiger partial charge < -0.3 is 14.2 Å². The van der Waals surface area contributed by atoms with Crippen molar-refractivity contribution in [2.24, 2.45) is 0 Å². The maximum absolute atomic E-state index is 13.1. The molecule has 0 atom stereocenters. The number of fused-ring (bicyclic) bond motifs is 1. The summed E-state index contributed by atoms with van der Waals surface area (Å²) in [5, 5.41) is 2.97. The second-order valence-electron chi connectivity index (χ2n) is 5.51. The molecule has 3 aromatic rings. The van der Waals surface area contributed by atoms with Crippen LogP contribution >= 0.6 is 22.9 Å². The lowest BCUT2D eigenvalue weighted by atomic mass is 10.1. The number of halogens is 4. The number of rotatable bonds is 6. The summed E-state index contributed by atoms with van der Waals surface area (Å²) < 4.78 is 55.3. The van der Waals surface area contributed by atoms with Crippen molar-refractivity contribution in [1.29, 1.82) is 0 Å². The summed E-state index contributed by atoms with van der Waals surface area (Å²) in [5.74, 6) is -0.376. The van der Waals surface area contributed by atoms with Gasteiger partial charge in [0.1, 0.15) is 29.3 Å². The highest BCUT2D eigenvalue weighted by Crippen LogP contribution is 2.35. The van der Waals surface area contributed by atoms with E-state index in [9.17, 15) is 18.0 Å². The zero-order valence-electron chi connectivity index (χ0n) is 15.0. The van der Waals surface area contributed by atoms with Gasteiger partial charge in [0.15, 0.2) is 0 Å². The zero-order chi connectivity index (χ0) is 21.2. The van der Waals surface area contributed by atoms with E-state index in [1.54, 1.807) is 24.3 Å². The third-order valence-electron chi connectivity index (χ3n) is 3.60. The molecule has 2 aromatic heterocycles. The number of alkyl halides is 3. The van der Waals surface area contributed by atoms with Crippen molar-refractivity contribution < 1.29 is 32.2 Å². The summed E-state index contributed by atoms with van der Waals surface area (Å²) in [4.78, 5) is 16.3. The number of nitrogens with zero attached hydrogens (tertiary/aromatic N) is 3. The standard InChI is InChI=1S/C17H13ClF3N3O4S/c1-26-7-11(14(25)27-2)13-12(8-28-10-5-3-9(18)4-6-10)22-16-24(13)23-15(29-16)17(19,20)21/h3-7H,8H2,1-2H3. The molecular weight excluding hydrogens is 435 g/mol. The fraction of sp³-hybridized carbons (Fsp3) is 0.235. The van der Waals surface area contributed by atoms with Crippen LogP contribution in [0.1, 0.15) is 16.4 Å². The molecule has 1 aromatic carbocycles. The smallest absolute Gasteiger partial charge is 0.445 e. The van der Waals surface area contributed by atoms with Crippen LogP contribution in [0, 0.1) is 0 Å². The van der Waals surface area contributed by atoms with Gasteiger partial charge in [0.25, 0.3) is 0 Å². The van der Waals surface area contributed by atoms with Gasteiger partial charge in [-0.3, -0.25) is 0 Å². The van der Waals surface area contributed by atoms with Crippen LogP contribution in [0.5, 0.6) is 5.75 Å².